The van der Waals surface area contributed by atoms with Gasteiger partial charge in [-0.05, 0) is 31.2 Å². The fourth-order valence-corrected chi connectivity index (χ4v) is 3.37. The van der Waals surface area contributed by atoms with Gasteiger partial charge in [-0.2, -0.15) is 0 Å². The minimum Gasteiger partial charge on any atom is -0.311 e. The van der Waals surface area contributed by atoms with Gasteiger partial charge in [-0.25, -0.2) is 8.78 Å². The molecule has 0 radical (unpaired) electrons. The number of hydrogen-bond acceptors (Lipinski definition) is 3. The van der Waals surface area contributed by atoms with E-state index in [1.54, 1.807) is 0 Å². The molecule has 112 valence electrons. The van der Waals surface area contributed by atoms with Crippen LogP contribution in [0, 0.1) is 23.7 Å². The zero-order valence-electron chi connectivity index (χ0n) is 12.0. The van der Waals surface area contributed by atoms with Crippen molar-refractivity contribution in [3.8, 4) is 0 Å². The van der Waals surface area contributed by atoms with Crippen LogP contribution < -0.4 is 5.32 Å². The van der Waals surface area contributed by atoms with E-state index in [0.29, 0.717) is 31.2 Å². The molecule has 2 unspecified atom stereocenters. The van der Waals surface area contributed by atoms with Crippen molar-refractivity contribution in [3.63, 3.8) is 0 Å². The molecule has 0 aromatic carbocycles. The van der Waals surface area contributed by atoms with E-state index in [0.717, 1.165) is 18.8 Å². The summed E-state index contributed by atoms with van der Waals surface area (Å²) in [5.41, 5.74) is 0.916. The standard InChI is InChI=1S/C14H22F2N4/c1-9(2)7-20-8-11(18-19-20)6-17-5-10-3-12-13(4-10)14(12,15)16/h8-10,12-13,17H,3-7H2,1-2H3. The second-order valence-electron chi connectivity index (χ2n) is 6.68. The quantitative estimate of drug-likeness (QED) is 0.871. The van der Waals surface area contributed by atoms with Gasteiger partial charge in [-0.3, -0.25) is 4.68 Å². The van der Waals surface area contributed by atoms with Crippen LogP contribution in [-0.4, -0.2) is 27.5 Å². The normalized spacial score (nSPS) is 30.8. The minimum atomic E-state index is -2.35. The molecule has 2 aliphatic carbocycles. The first-order valence-electron chi connectivity index (χ1n) is 7.44. The van der Waals surface area contributed by atoms with Crippen molar-refractivity contribution in [3.05, 3.63) is 11.9 Å². The van der Waals surface area contributed by atoms with Gasteiger partial charge in [0.25, 0.3) is 5.92 Å². The first kappa shape index (κ1) is 13.9. The molecule has 0 spiro atoms. The molecular formula is C14H22F2N4. The van der Waals surface area contributed by atoms with E-state index in [1.807, 2.05) is 10.9 Å². The van der Waals surface area contributed by atoms with Crippen molar-refractivity contribution in [2.24, 2.45) is 23.7 Å². The molecule has 0 saturated heterocycles. The van der Waals surface area contributed by atoms with Crippen molar-refractivity contribution in [1.29, 1.82) is 0 Å². The van der Waals surface area contributed by atoms with Crippen molar-refractivity contribution < 1.29 is 8.78 Å². The van der Waals surface area contributed by atoms with Crippen molar-refractivity contribution in [2.45, 2.75) is 45.7 Å². The summed E-state index contributed by atoms with van der Waals surface area (Å²) in [6, 6.07) is 0. The first-order valence-corrected chi connectivity index (χ1v) is 7.44. The number of fused-ring (bicyclic) bond motifs is 1. The van der Waals surface area contributed by atoms with Gasteiger partial charge in [0.2, 0.25) is 0 Å². The van der Waals surface area contributed by atoms with E-state index in [-0.39, 0.29) is 11.8 Å². The number of nitrogens with zero attached hydrogens (tertiary/aromatic N) is 3. The maximum absolute atomic E-state index is 13.1. The highest BCUT2D eigenvalue weighted by Crippen LogP contribution is 2.65. The molecule has 1 aromatic rings. The summed E-state index contributed by atoms with van der Waals surface area (Å²) in [6.07, 6.45) is 3.29. The first-order chi connectivity index (χ1) is 9.46. The average Bonchev–Trinajstić information content (AvgIpc) is 2.82. The lowest BCUT2D eigenvalue weighted by molar-refractivity contribution is 0.0637. The molecular weight excluding hydrogens is 262 g/mol. The second-order valence-corrected chi connectivity index (χ2v) is 6.68. The molecule has 2 saturated carbocycles. The van der Waals surface area contributed by atoms with E-state index < -0.39 is 5.92 Å². The van der Waals surface area contributed by atoms with Gasteiger partial charge in [0.15, 0.2) is 0 Å². The van der Waals surface area contributed by atoms with Crippen LogP contribution in [-0.2, 0) is 13.1 Å². The summed E-state index contributed by atoms with van der Waals surface area (Å²) < 4.78 is 28.0. The molecule has 1 heterocycles. The topological polar surface area (TPSA) is 42.7 Å². The van der Waals surface area contributed by atoms with Crippen LogP contribution in [0.3, 0.4) is 0 Å². The summed E-state index contributed by atoms with van der Waals surface area (Å²) in [5.74, 6) is -2.07. The maximum atomic E-state index is 13.1. The minimum absolute atomic E-state index is 0.332. The predicted molar refractivity (Wildman–Crippen MR) is 71.2 cm³/mol. The Bertz CT molecular complexity index is 457. The maximum Gasteiger partial charge on any atom is 0.254 e. The third-order valence-corrected chi connectivity index (χ3v) is 4.42. The third kappa shape index (κ3) is 2.71. The Morgan fingerprint density at radius 1 is 1.40 bits per heavy atom. The third-order valence-electron chi connectivity index (χ3n) is 4.42. The zero-order valence-corrected chi connectivity index (χ0v) is 12.0. The van der Waals surface area contributed by atoms with Crippen LogP contribution in [0.4, 0.5) is 8.78 Å². The van der Waals surface area contributed by atoms with Gasteiger partial charge < -0.3 is 5.32 Å². The van der Waals surface area contributed by atoms with Gasteiger partial charge in [0, 0.05) is 31.1 Å². The van der Waals surface area contributed by atoms with Crippen molar-refractivity contribution in [1.82, 2.24) is 20.3 Å². The van der Waals surface area contributed by atoms with E-state index in [1.165, 1.54) is 0 Å². The Morgan fingerprint density at radius 2 is 2.10 bits per heavy atom. The molecule has 1 aromatic heterocycles. The molecule has 4 nitrogen and oxygen atoms in total. The van der Waals surface area contributed by atoms with Crippen LogP contribution >= 0.6 is 0 Å². The average molecular weight is 284 g/mol. The smallest absolute Gasteiger partial charge is 0.254 e. The van der Waals surface area contributed by atoms with Crippen molar-refractivity contribution in [2.75, 3.05) is 6.54 Å². The summed E-state index contributed by atoms with van der Waals surface area (Å²) in [7, 11) is 0. The fourth-order valence-electron chi connectivity index (χ4n) is 3.37. The van der Waals surface area contributed by atoms with Gasteiger partial charge in [-0.1, -0.05) is 19.1 Å². The number of nitrogens with one attached hydrogen (secondary N) is 1. The predicted octanol–water partition coefficient (Wildman–Crippen LogP) is 2.32. The van der Waals surface area contributed by atoms with Gasteiger partial charge in [-0.15, -0.1) is 5.10 Å². The highest BCUT2D eigenvalue weighted by molar-refractivity contribution is 5.11. The van der Waals surface area contributed by atoms with E-state index in [4.69, 9.17) is 0 Å². The van der Waals surface area contributed by atoms with Crippen molar-refractivity contribution >= 4 is 0 Å². The van der Waals surface area contributed by atoms with Crippen LogP contribution in [0.5, 0.6) is 0 Å². The van der Waals surface area contributed by atoms with Crippen LogP contribution in [0.2, 0.25) is 0 Å². The molecule has 0 amide bonds. The highest BCUT2D eigenvalue weighted by atomic mass is 19.3. The lowest BCUT2D eigenvalue weighted by Crippen LogP contribution is -2.23. The van der Waals surface area contributed by atoms with Crippen LogP contribution in [0.25, 0.3) is 0 Å². The molecule has 0 bridgehead atoms. The Hall–Kier alpha value is -1.04. The fraction of sp³-hybridized carbons (Fsp3) is 0.857. The molecule has 6 heteroatoms. The van der Waals surface area contributed by atoms with Gasteiger partial charge >= 0.3 is 0 Å². The van der Waals surface area contributed by atoms with E-state index in [9.17, 15) is 8.78 Å². The Labute approximate surface area is 117 Å². The number of hydrogen-bond donors (Lipinski definition) is 1. The van der Waals surface area contributed by atoms with E-state index in [2.05, 4.69) is 29.5 Å². The molecule has 20 heavy (non-hydrogen) atoms. The molecule has 1 N–H and O–H groups in total. The molecule has 2 aliphatic rings. The molecule has 0 aliphatic heterocycles. The number of rotatable bonds is 6. The summed E-state index contributed by atoms with van der Waals surface area (Å²) >= 11 is 0. The van der Waals surface area contributed by atoms with E-state index >= 15 is 0 Å². The second kappa shape index (κ2) is 5.06. The van der Waals surface area contributed by atoms with Gasteiger partial charge in [0.1, 0.15) is 0 Å². The molecule has 3 rings (SSSR count). The SMILES string of the molecule is CC(C)Cn1cc(CNCC2CC3C(C2)C3(F)F)nn1. The summed E-state index contributed by atoms with van der Waals surface area (Å²) in [4.78, 5) is 0. The summed E-state index contributed by atoms with van der Waals surface area (Å²) in [5, 5.41) is 11.5. The number of halogens is 2. The van der Waals surface area contributed by atoms with Crippen LogP contribution in [0.1, 0.15) is 32.4 Å². The largest absolute Gasteiger partial charge is 0.311 e. The van der Waals surface area contributed by atoms with Gasteiger partial charge in [0.05, 0.1) is 5.69 Å². The molecule has 2 fully saturated rings. The zero-order chi connectivity index (χ0) is 14.3. The Balaban J connectivity index is 1.37. The lowest BCUT2D eigenvalue weighted by Gasteiger charge is -2.14. The molecule has 2 atom stereocenters. The monoisotopic (exact) mass is 284 g/mol. The number of aromatic nitrogens is 3. The highest BCUT2D eigenvalue weighted by Gasteiger charge is 2.71. The Kier molecular flexibility index (Phi) is 3.52. The summed E-state index contributed by atoms with van der Waals surface area (Å²) in [6.45, 7) is 6.62. The lowest BCUT2D eigenvalue weighted by atomic mass is 10.0. The number of alkyl halides is 2. The van der Waals surface area contributed by atoms with Crippen LogP contribution in [0.15, 0.2) is 6.20 Å². The Morgan fingerprint density at radius 3 is 2.75 bits per heavy atom.